The Morgan fingerprint density at radius 3 is 1.22 bits per heavy atom. The zero-order chi connectivity index (χ0) is 43.8. The van der Waals surface area contributed by atoms with E-state index in [1.165, 1.54) is 173 Å². The molecule has 6 nitrogen and oxygen atoms in total. The first-order valence-electron chi connectivity index (χ1n) is 26.6. The third kappa shape index (κ3) is 43.0. The smallest absolute Gasteiger partial charge is 0.306 e. The van der Waals surface area contributed by atoms with E-state index in [2.05, 4.69) is 50.4 Å². The van der Waals surface area contributed by atoms with Crippen molar-refractivity contribution in [3.05, 3.63) is 24.3 Å². The van der Waals surface area contributed by atoms with Crippen LogP contribution in [0.3, 0.4) is 0 Å². The second-order valence-corrected chi connectivity index (χ2v) is 18.3. The van der Waals surface area contributed by atoms with Crippen molar-refractivity contribution in [3.63, 3.8) is 0 Å². The van der Waals surface area contributed by atoms with Gasteiger partial charge in [0, 0.05) is 6.42 Å². The molecule has 0 rings (SSSR count). The van der Waals surface area contributed by atoms with Gasteiger partial charge in [0.2, 0.25) is 5.91 Å². The average molecular weight is 846 g/mol. The summed E-state index contributed by atoms with van der Waals surface area (Å²) in [5.74, 6) is -0.502. The number of hydrogen-bond donors (Lipinski definition) is 3. The Bertz CT molecular complexity index is 950. The number of rotatable bonds is 48. The van der Waals surface area contributed by atoms with E-state index in [1.807, 2.05) is 0 Å². The van der Waals surface area contributed by atoms with Crippen LogP contribution < -0.4 is 5.32 Å². The molecule has 1 amide bonds. The van der Waals surface area contributed by atoms with Gasteiger partial charge in [-0.25, -0.2) is 0 Å². The van der Waals surface area contributed by atoms with Crippen LogP contribution in [0.15, 0.2) is 24.3 Å². The first kappa shape index (κ1) is 58.3. The molecular formula is C54H103NO5. The number of hydrogen-bond acceptors (Lipinski definition) is 5. The van der Waals surface area contributed by atoms with Crippen LogP contribution in [0.5, 0.6) is 0 Å². The lowest BCUT2D eigenvalue weighted by Gasteiger charge is -2.24. The van der Waals surface area contributed by atoms with Gasteiger partial charge in [0.05, 0.1) is 25.2 Å². The number of nitrogens with one attached hydrogen (secondary N) is 1. The number of aliphatic hydroxyl groups is 2. The summed E-state index contributed by atoms with van der Waals surface area (Å²) in [4.78, 5) is 26.1. The van der Waals surface area contributed by atoms with Crippen LogP contribution in [0.25, 0.3) is 0 Å². The minimum Gasteiger partial charge on any atom is -0.462 e. The largest absolute Gasteiger partial charge is 0.462 e. The van der Waals surface area contributed by atoms with E-state index >= 15 is 0 Å². The highest BCUT2D eigenvalue weighted by molar-refractivity contribution is 5.77. The molecule has 354 valence electrons. The molecule has 0 saturated carbocycles. The highest BCUT2D eigenvalue weighted by Crippen LogP contribution is 2.17. The van der Waals surface area contributed by atoms with Gasteiger partial charge in [-0.3, -0.25) is 9.59 Å². The monoisotopic (exact) mass is 846 g/mol. The molecule has 0 aromatic rings. The third-order valence-electron chi connectivity index (χ3n) is 12.3. The summed E-state index contributed by atoms with van der Waals surface area (Å²) in [5.41, 5.74) is 0. The summed E-state index contributed by atoms with van der Waals surface area (Å²) in [6.45, 7) is 6.48. The fourth-order valence-corrected chi connectivity index (χ4v) is 8.19. The molecule has 0 aliphatic heterocycles. The summed E-state index contributed by atoms with van der Waals surface area (Å²) >= 11 is 0. The molecule has 3 N–H and O–H groups in total. The van der Waals surface area contributed by atoms with Crippen molar-refractivity contribution < 1.29 is 24.5 Å². The van der Waals surface area contributed by atoms with Crippen molar-refractivity contribution in [2.24, 2.45) is 0 Å². The van der Waals surface area contributed by atoms with E-state index in [0.717, 1.165) is 64.2 Å². The number of carbonyl (C=O) groups is 2. The van der Waals surface area contributed by atoms with Crippen LogP contribution in [0, 0.1) is 0 Å². The van der Waals surface area contributed by atoms with Crippen molar-refractivity contribution in [2.45, 2.75) is 302 Å². The number of allylic oxidation sites excluding steroid dienone is 4. The molecule has 3 atom stereocenters. The second kappa shape index (κ2) is 48.4. The summed E-state index contributed by atoms with van der Waals surface area (Å²) in [7, 11) is 0. The van der Waals surface area contributed by atoms with Crippen molar-refractivity contribution in [1.29, 1.82) is 0 Å². The summed E-state index contributed by atoms with van der Waals surface area (Å²) in [6, 6.07) is -0.707. The van der Waals surface area contributed by atoms with E-state index < -0.39 is 18.2 Å². The predicted octanol–water partition coefficient (Wildman–Crippen LogP) is 15.9. The number of amides is 1. The van der Waals surface area contributed by atoms with Crippen LogP contribution in [-0.4, -0.2) is 46.9 Å². The minimum absolute atomic E-state index is 0.0572. The normalized spacial score (nSPS) is 13.3. The standard InChI is InChI=1S/C54H103NO5/c1-4-7-10-13-16-19-22-24-25-26-27-28-29-32-35-38-41-44-47-54(59)60-50(45-42-39-36-33-30-21-18-15-12-9-6-3)48-53(58)55-51(49-56)52(57)46-43-40-37-34-31-23-20-17-14-11-8-5-2/h27-28,33,36,50-52,56-57H,4-26,29-32,34-35,37-49H2,1-3H3,(H,55,58)/b28-27+,36-33-. The summed E-state index contributed by atoms with van der Waals surface area (Å²) in [5, 5.41) is 23.7. The Morgan fingerprint density at radius 1 is 0.467 bits per heavy atom. The number of esters is 1. The number of unbranched alkanes of at least 4 members (excludes halogenated alkanes) is 32. The fourth-order valence-electron chi connectivity index (χ4n) is 8.19. The topological polar surface area (TPSA) is 95.9 Å². The Hall–Kier alpha value is -1.66. The van der Waals surface area contributed by atoms with Gasteiger partial charge in [-0.05, 0) is 70.6 Å². The van der Waals surface area contributed by atoms with E-state index in [-0.39, 0.29) is 24.9 Å². The van der Waals surface area contributed by atoms with E-state index in [9.17, 15) is 19.8 Å². The van der Waals surface area contributed by atoms with Gasteiger partial charge in [-0.2, -0.15) is 0 Å². The Labute approximate surface area is 373 Å². The third-order valence-corrected chi connectivity index (χ3v) is 12.3. The van der Waals surface area contributed by atoms with Crippen LogP contribution >= 0.6 is 0 Å². The van der Waals surface area contributed by atoms with E-state index in [0.29, 0.717) is 19.3 Å². The Kier molecular flexibility index (Phi) is 47.0. The molecule has 0 aromatic heterocycles. The van der Waals surface area contributed by atoms with Crippen LogP contribution in [0.2, 0.25) is 0 Å². The van der Waals surface area contributed by atoms with Crippen LogP contribution in [-0.2, 0) is 14.3 Å². The Morgan fingerprint density at radius 2 is 0.817 bits per heavy atom. The lowest BCUT2D eigenvalue weighted by molar-refractivity contribution is -0.151. The lowest BCUT2D eigenvalue weighted by Crippen LogP contribution is -2.46. The van der Waals surface area contributed by atoms with E-state index in [1.54, 1.807) is 0 Å². The molecule has 0 aliphatic rings. The zero-order valence-electron chi connectivity index (χ0n) is 40.4. The van der Waals surface area contributed by atoms with Crippen molar-refractivity contribution in [3.8, 4) is 0 Å². The molecule has 6 heteroatoms. The molecule has 0 heterocycles. The molecular weight excluding hydrogens is 743 g/mol. The maximum absolute atomic E-state index is 13.2. The molecule has 3 unspecified atom stereocenters. The zero-order valence-corrected chi connectivity index (χ0v) is 40.4. The maximum atomic E-state index is 13.2. The molecule has 0 aliphatic carbocycles. The molecule has 0 spiro atoms. The first-order chi connectivity index (χ1) is 29.5. The molecule has 60 heavy (non-hydrogen) atoms. The SMILES string of the molecule is CCCCCCCC/C=C\CCCC(CC(=O)NC(CO)C(O)CCCCCCCCCCCCCC)OC(=O)CCCCCCC/C=C/CCCCCCCCCCC. The van der Waals surface area contributed by atoms with Crippen LogP contribution in [0.1, 0.15) is 284 Å². The van der Waals surface area contributed by atoms with Crippen molar-refractivity contribution >= 4 is 11.9 Å². The fraction of sp³-hybridized carbons (Fsp3) is 0.889. The van der Waals surface area contributed by atoms with Gasteiger partial charge in [0.25, 0.3) is 0 Å². The molecule has 0 radical (unpaired) electrons. The summed E-state index contributed by atoms with van der Waals surface area (Å²) in [6.07, 6.45) is 55.3. The maximum Gasteiger partial charge on any atom is 0.306 e. The summed E-state index contributed by atoms with van der Waals surface area (Å²) < 4.78 is 5.91. The number of carbonyl (C=O) groups excluding carboxylic acids is 2. The quantitative estimate of drug-likeness (QED) is 0.0322. The van der Waals surface area contributed by atoms with Gasteiger partial charge in [-0.15, -0.1) is 0 Å². The lowest BCUT2D eigenvalue weighted by atomic mass is 10.0. The number of aliphatic hydroxyl groups excluding tert-OH is 2. The highest BCUT2D eigenvalue weighted by Gasteiger charge is 2.24. The molecule has 0 fully saturated rings. The van der Waals surface area contributed by atoms with Crippen molar-refractivity contribution in [1.82, 2.24) is 5.32 Å². The van der Waals surface area contributed by atoms with Gasteiger partial charge in [0.15, 0.2) is 0 Å². The van der Waals surface area contributed by atoms with Crippen LogP contribution in [0.4, 0.5) is 0 Å². The second-order valence-electron chi connectivity index (χ2n) is 18.3. The average Bonchev–Trinajstić information content (AvgIpc) is 3.24. The van der Waals surface area contributed by atoms with Crippen molar-refractivity contribution in [2.75, 3.05) is 6.61 Å². The highest BCUT2D eigenvalue weighted by atomic mass is 16.5. The van der Waals surface area contributed by atoms with Gasteiger partial charge in [0.1, 0.15) is 6.10 Å². The first-order valence-corrected chi connectivity index (χ1v) is 26.6. The minimum atomic E-state index is -0.791. The van der Waals surface area contributed by atoms with Gasteiger partial charge < -0.3 is 20.3 Å². The predicted molar refractivity (Wildman–Crippen MR) is 260 cm³/mol. The number of ether oxygens (including phenoxy) is 1. The van der Waals surface area contributed by atoms with Gasteiger partial charge >= 0.3 is 5.97 Å². The van der Waals surface area contributed by atoms with Gasteiger partial charge in [-0.1, -0.05) is 225 Å². The van der Waals surface area contributed by atoms with E-state index in [4.69, 9.17) is 4.74 Å². The molecule has 0 aromatic carbocycles. The molecule has 0 bridgehead atoms. The Balaban J connectivity index is 4.51. The molecule has 0 saturated heterocycles.